The smallest absolute Gasteiger partial charge is 0.247 e. The van der Waals surface area contributed by atoms with Gasteiger partial charge in [0.1, 0.15) is 5.51 Å². The molecule has 0 saturated heterocycles. The maximum Gasteiger partial charge on any atom is 0.357 e. The van der Waals surface area contributed by atoms with Gasteiger partial charge in [-0.3, -0.25) is 0 Å². The third-order valence-electron chi connectivity index (χ3n) is 0.838. The van der Waals surface area contributed by atoms with Crippen molar-refractivity contribution >= 4 is 11.5 Å². The lowest BCUT2D eigenvalue weighted by Crippen LogP contribution is -2.12. The Hall–Kier alpha value is -0.640. The van der Waals surface area contributed by atoms with Crippen molar-refractivity contribution in [3.05, 3.63) is 16.0 Å². The third-order valence-corrected chi connectivity index (χ3v) is 1.71. The van der Waals surface area contributed by atoms with Gasteiger partial charge in [0.2, 0.25) is 0 Å². The molecule has 0 radical (unpaired) electrons. The molecule has 0 aliphatic rings. The second-order valence-electron chi connectivity index (χ2n) is 1.32. The zero-order valence-corrected chi connectivity index (χ0v) is 5.31. The van der Waals surface area contributed by atoms with E-state index < -0.39 is 0 Å². The molecular weight excluding hydrogens is 124 g/mol. The van der Waals surface area contributed by atoms with Gasteiger partial charge in [-0.2, -0.15) is 4.98 Å². The minimum atomic E-state index is -0.141. The summed E-state index contributed by atoms with van der Waals surface area (Å²) < 4.78 is 1.58. The molecule has 0 aliphatic carbocycles. The highest BCUT2D eigenvalue weighted by molar-refractivity contribution is 7.03. The van der Waals surface area contributed by atoms with Gasteiger partial charge in [0.25, 0.3) is 0 Å². The van der Waals surface area contributed by atoms with Gasteiger partial charge in [-0.1, -0.05) is 0 Å². The highest BCUT2D eigenvalue weighted by Gasteiger charge is 1.90. The van der Waals surface area contributed by atoms with Crippen LogP contribution in [0.15, 0.2) is 10.3 Å². The summed E-state index contributed by atoms with van der Waals surface area (Å²) in [6, 6.07) is 0. The van der Waals surface area contributed by atoms with E-state index in [1.165, 1.54) is 11.5 Å². The summed E-state index contributed by atoms with van der Waals surface area (Å²) >= 11 is 1.34. The largest absolute Gasteiger partial charge is 0.357 e. The lowest BCUT2D eigenvalue weighted by molar-refractivity contribution is 0.788. The van der Waals surface area contributed by atoms with E-state index in [0.717, 1.165) is 6.54 Å². The maximum atomic E-state index is 10.5. The molecule has 4 heteroatoms. The van der Waals surface area contributed by atoms with Crippen LogP contribution in [0.2, 0.25) is 0 Å². The Bertz CT molecular complexity index is 214. The monoisotopic (exact) mass is 130 g/mol. The molecule has 0 atom stereocenters. The molecule has 1 heterocycles. The molecule has 3 nitrogen and oxygen atoms in total. The van der Waals surface area contributed by atoms with Gasteiger partial charge in [0.05, 0.1) is 0 Å². The van der Waals surface area contributed by atoms with Crippen LogP contribution < -0.4 is 5.69 Å². The van der Waals surface area contributed by atoms with Crippen molar-refractivity contribution in [2.75, 3.05) is 0 Å². The number of hydrogen-bond donors (Lipinski definition) is 0. The zero-order valence-electron chi connectivity index (χ0n) is 4.50. The number of rotatable bonds is 1. The summed E-state index contributed by atoms with van der Waals surface area (Å²) in [6.45, 7) is 2.64. The van der Waals surface area contributed by atoms with E-state index in [0.29, 0.717) is 0 Å². The Balaban J connectivity index is 3.11. The molecule has 0 N–H and O–H groups in total. The summed E-state index contributed by atoms with van der Waals surface area (Å²) in [5.41, 5.74) is 1.41. The van der Waals surface area contributed by atoms with Crippen LogP contribution in [-0.4, -0.2) is 8.94 Å². The maximum absolute atomic E-state index is 10.5. The average Bonchev–Trinajstić information content (AvgIpc) is 2.14. The molecule has 0 unspecified atom stereocenters. The van der Waals surface area contributed by atoms with Crippen LogP contribution in [0.5, 0.6) is 0 Å². The fraction of sp³-hybridized carbons (Fsp3) is 0.500. The van der Waals surface area contributed by atoms with Gasteiger partial charge in [-0.15, -0.1) is 0 Å². The molecule has 44 valence electrons. The first kappa shape index (κ1) is 5.50. The Kier molecular flexibility index (Phi) is 1.43. The molecule has 0 spiro atoms. The molecule has 8 heavy (non-hydrogen) atoms. The first-order valence-electron chi connectivity index (χ1n) is 2.35. The summed E-state index contributed by atoms with van der Waals surface area (Å²) in [4.78, 5) is 14.0. The topological polar surface area (TPSA) is 34.9 Å². The summed E-state index contributed by atoms with van der Waals surface area (Å²) in [5, 5.41) is 0. The molecule has 0 aromatic carbocycles. The Labute approximate surface area is 50.8 Å². The second-order valence-corrected chi connectivity index (χ2v) is 2.18. The zero-order chi connectivity index (χ0) is 5.98. The van der Waals surface area contributed by atoms with E-state index in [1.807, 2.05) is 6.92 Å². The molecular formula is C4H6N2OS. The Morgan fingerprint density at radius 2 is 2.75 bits per heavy atom. The molecule has 0 bridgehead atoms. The molecule has 0 amide bonds. The van der Waals surface area contributed by atoms with Crippen LogP contribution in [0.25, 0.3) is 0 Å². The van der Waals surface area contributed by atoms with E-state index in [1.54, 1.807) is 9.47 Å². The summed E-state index contributed by atoms with van der Waals surface area (Å²) in [7, 11) is 0. The normalized spacial score (nSPS) is 9.62. The molecule has 0 fully saturated rings. The summed E-state index contributed by atoms with van der Waals surface area (Å²) in [5.74, 6) is 0. The highest BCUT2D eigenvalue weighted by atomic mass is 32.1. The van der Waals surface area contributed by atoms with Crippen LogP contribution in [-0.2, 0) is 6.54 Å². The van der Waals surface area contributed by atoms with Crippen LogP contribution in [0, 0.1) is 0 Å². The lowest BCUT2D eigenvalue weighted by atomic mass is 10.8. The molecule has 0 saturated carbocycles. The van der Waals surface area contributed by atoms with Crippen molar-refractivity contribution in [3.63, 3.8) is 0 Å². The molecule has 1 rings (SSSR count). The van der Waals surface area contributed by atoms with Crippen molar-refractivity contribution in [1.82, 2.24) is 8.94 Å². The second kappa shape index (κ2) is 2.09. The van der Waals surface area contributed by atoms with Crippen molar-refractivity contribution < 1.29 is 0 Å². The quantitative estimate of drug-likeness (QED) is 0.549. The van der Waals surface area contributed by atoms with Crippen molar-refractivity contribution in [2.45, 2.75) is 13.5 Å². The molecule has 1 aromatic rings. The number of hydrogen-bond acceptors (Lipinski definition) is 3. The van der Waals surface area contributed by atoms with Gasteiger partial charge in [-0.25, -0.2) is 8.75 Å². The Morgan fingerprint density at radius 3 is 3.00 bits per heavy atom. The van der Waals surface area contributed by atoms with E-state index in [-0.39, 0.29) is 5.69 Å². The van der Waals surface area contributed by atoms with Crippen LogP contribution in [0.4, 0.5) is 0 Å². The lowest BCUT2D eigenvalue weighted by Gasteiger charge is -1.84. The van der Waals surface area contributed by atoms with Gasteiger partial charge < -0.3 is 0 Å². The molecule has 1 aromatic heterocycles. The van der Waals surface area contributed by atoms with Crippen LogP contribution in [0.1, 0.15) is 6.92 Å². The van der Waals surface area contributed by atoms with Crippen molar-refractivity contribution in [2.24, 2.45) is 0 Å². The van der Waals surface area contributed by atoms with E-state index in [4.69, 9.17) is 0 Å². The van der Waals surface area contributed by atoms with Crippen LogP contribution in [0.3, 0.4) is 0 Å². The minimum Gasteiger partial charge on any atom is -0.247 e. The Morgan fingerprint density at radius 1 is 2.00 bits per heavy atom. The predicted octanol–water partition coefficient (Wildman–Crippen LogP) is 0.325. The van der Waals surface area contributed by atoms with Gasteiger partial charge in [-0.05, 0) is 18.5 Å². The third kappa shape index (κ3) is 0.790. The van der Waals surface area contributed by atoms with E-state index in [9.17, 15) is 4.79 Å². The average molecular weight is 130 g/mol. The van der Waals surface area contributed by atoms with E-state index in [2.05, 4.69) is 4.98 Å². The minimum absolute atomic E-state index is 0.141. The fourth-order valence-corrected chi connectivity index (χ4v) is 0.982. The van der Waals surface area contributed by atoms with Crippen molar-refractivity contribution in [3.8, 4) is 0 Å². The van der Waals surface area contributed by atoms with E-state index >= 15 is 0 Å². The molecule has 0 aliphatic heterocycles. The predicted molar refractivity (Wildman–Crippen MR) is 32.0 cm³/mol. The first-order valence-corrected chi connectivity index (χ1v) is 3.19. The van der Waals surface area contributed by atoms with Gasteiger partial charge in [0.15, 0.2) is 0 Å². The van der Waals surface area contributed by atoms with Crippen LogP contribution >= 0.6 is 11.5 Å². The number of nitrogens with zero attached hydrogens (tertiary/aromatic N) is 2. The first-order chi connectivity index (χ1) is 3.84. The van der Waals surface area contributed by atoms with Gasteiger partial charge >= 0.3 is 5.69 Å². The highest BCUT2D eigenvalue weighted by Crippen LogP contribution is 1.86. The fourth-order valence-electron chi connectivity index (χ4n) is 0.445. The van der Waals surface area contributed by atoms with Gasteiger partial charge in [0, 0.05) is 6.54 Å². The number of aromatic nitrogens is 2. The number of aryl methyl sites for hydroxylation is 1. The SMILES string of the molecule is CCn1scnc1=O. The summed E-state index contributed by atoms with van der Waals surface area (Å²) in [6.07, 6.45) is 0. The van der Waals surface area contributed by atoms with Crippen molar-refractivity contribution in [1.29, 1.82) is 0 Å². The standard InChI is InChI=1S/C4H6N2OS/c1-2-6-4(7)5-3-8-6/h3H,2H2,1H3.